The second-order valence-electron chi connectivity index (χ2n) is 3.56. The quantitative estimate of drug-likeness (QED) is 0.529. The average molecular weight is 240 g/mol. The number of nitrogens with zero attached hydrogens (tertiary/aromatic N) is 1. The number of hydrogen-bond acceptors (Lipinski definition) is 1. The van der Waals surface area contributed by atoms with Crippen molar-refractivity contribution in [1.29, 1.82) is 0 Å². The number of rotatable bonds is 2. The second-order valence-corrected chi connectivity index (χ2v) is 4.48. The number of allylic oxidation sites excluding steroid dienone is 4. The van der Waals surface area contributed by atoms with Gasteiger partial charge in [-0.15, -0.1) is 0 Å². The number of hydrogen-bond donors (Lipinski definition) is 0. The molecule has 13 heavy (non-hydrogen) atoms. The van der Waals surface area contributed by atoms with Gasteiger partial charge in [-0.05, 0) is 31.4 Å². The molecule has 2 fully saturated rings. The first-order valence-electron chi connectivity index (χ1n) is 4.79. The maximum absolute atomic E-state index is 3.67. The molecule has 2 heteroatoms. The molecule has 2 aliphatic rings. The van der Waals surface area contributed by atoms with Gasteiger partial charge in [0, 0.05) is 16.7 Å². The molecule has 1 atom stereocenters. The second kappa shape index (κ2) is 3.70. The van der Waals surface area contributed by atoms with Crippen LogP contribution in [0.25, 0.3) is 0 Å². The van der Waals surface area contributed by atoms with Crippen molar-refractivity contribution < 1.29 is 0 Å². The van der Waals surface area contributed by atoms with E-state index in [9.17, 15) is 0 Å². The third-order valence-electron chi connectivity index (χ3n) is 2.67. The Hall–Kier alpha value is -0.500. The van der Waals surface area contributed by atoms with E-state index in [1.54, 1.807) is 0 Å². The summed E-state index contributed by atoms with van der Waals surface area (Å²) in [6, 6.07) is 0.763. The summed E-state index contributed by atoms with van der Waals surface area (Å²) >= 11 is 3.50. The van der Waals surface area contributed by atoms with Crippen molar-refractivity contribution in [2.75, 3.05) is 6.54 Å². The molecule has 2 saturated heterocycles. The van der Waals surface area contributed by atoms with Crippen molar-refractivity contribution in [1.82, 2.24) is 4.90 Å². The minimum atomic E-state index is 0.763. The minimum Gasteiger partial charge on any atom is -0.365 e. The van der Waals surface area contributed by atoms with Gasteiger partial charge in [0.25, 0.3) is 0 Å². The van der Waals surface area contributed by atoms with Crippen LogP contribution in [0.5, 0.6) is 0 Å². The monoisotopic (exact) mass is 239 g/mol. The Morgan fingerprint density at radius 2 is 2.38 bits per heavy atom. The van der Waals surface area contributed by atoms with E-state index >= 15 is 0 Å². The van der Waals surface area contributed by atoms with Crippen LogP contribution in [-0.4, -0.2) is 17.5 Å². The lowest BCUT2D eigenvalue weighted by atomic mass is 10.1. The highest BCUT2D eigenvalue weighted by atomic mass is 79.9. The van der Waals surface area contributed by atoms with Crippen molar-refractivity contribution in [3.05, 3.63) is 35.0 Å². The van der Waals surface area contributed by atoms with E-state index in [0.717, 1.165) is 10.5 Å². The fourth-order valence-electron chi connectivity index (χ4n) is 1.99. The molecule has 0 aromatic rings. The average Bonchev–Trinajstić information content (AvgIpc) is 2.80. The van der Waals surface area contributed by atoms with Gasteiger partial charge < -0.3 is 4.90 Å². The van der Waals surface area contributed by atoms with Crippen molar-refractivity contribution in [3.63, 3.8) is 0 Å². The Kier molecular flexibility index (Phi) is 2.58. The summed E-state index contributed by atoms with van der Waals surface area (Å²) in [6.45, 7) is 4.92. The van der Waals surface area contributed by atoms with Crippen molar-refractivity contribution in [2.24, 2.45) is 0 Å². The SMILES string of the molecule is C=C/C=C(Br)\C=C1\C2CCCCN12. The third kappa shape index (κ3) is 1.88. The maximum Gasteiger partial charge on any atom is 0.0688 e. The van der Waals surface area contributed by atoms with Crippen LogP contribution in [0.15, 0.2) is 35.0 Å². The minimum absolute atomic E-state index is 0.763. The van der Waals surface area contributed by atoms with Crippen LogP contribution in [0.4, 0.5) is 0 Å². The molecule has 70 valence electrons. The van der Waals surface area contributed by atoms with Gasteiger partial charge in [0.2, 0.25) is 0 Å². The lowest BCUT2D eigenvalue weighted by Crippen LogP contribution is -2.09. The molecule has 2 heterocycles. The highest BCUT2D eigenvalue weighted by molar-refractivity contribution is 9.11. The number of piperidine rings is 1. The fourth-order valence-corrected chi connectivity index (χ4v) is 2.41. The Morgan fingerprint density at radius 3 is 3.00 bits per heavy atom. The standard InChI is InChI=1S/C11H14BrN/c1-2-5-9(12)8-11-10-6-3-4-7-13(10)11/h2,5,8,10H,1,3-4,6-7H2/b9-5+,11-8-. The Balaban J connectivity index is 2.03. The Morgan fingerprint density at radius 1 is 1.54 bits per heavy atom. The van der Waals surface area contributed by atoms with Crippen molar-refractivity contribution in [2.45, 2.75) is 25.3 Å². The van der Waals surface area contributed by atoms with Gasteiger partial charge in [-0.1, -0.05) is 28.6 Å². The van der Waals surface area contributed by atoms with Crippen molar-refractivity contribution in [3.8, 4) is 0 Å². The van der Waals surface area contributed by atoms with E-state index in [1.165, 1.54) is 31.5 Å². The van der Waals surface area contributed by atoms with E-state index in [0.29, 0.717) is 0 Å². The van der Waals surface area contributed by atoms with Crippen LogP contribution in [-0.2, 0) is 0 Å². The smallest absolute Gasteiger partial charge is 0.0688 e. The summed E-state index contributed by atoms with van der Waals surface area (Å²) in [5, 5.41) is 0. The van der Waals surface area contributed by atoms with Crippen LogP contribution in [0.2, 0.25) is 0 Å². The molecule has 0 N–H and O–H groups in total. The molecular weight excluding hydrogens is 226 g/mol. The number of fused-ring (bicyclic) bond motifs is 1. The predicted molar refractivity (Wildman–Crippen MR) is 59.6 cm³/mol. The first-order chi connectivity index (χ1) is 6.33. The fraction of sp³-hybridized carbons (Fsp3) is 0.455. The lowest BCUT2D eigenvalue weighted by molar-refractivity contribution is 0.415. The van der Waals surface area contributed by atoms with Gasteiger partial charge >= 0.3 is 0 Å². The molecule has 1 unspecified atom stereocenters. The molecular formula is C11H14BrN. The summed E-state index contributed by atoms with van der Waals surface area (Å²) in [7, 11) is 0. The van der Waals surface area contributed by atoms with E-state index in [-0.39, 0.29) is 0 Å². The molecule has 0 radical (unpaired) electrons. The van der Waals surface area contributed by atoms with Crippen LogP contribution < -0.4 is 0 Å². The van der Waals surface area contributed by atoms with Crippen molar-refractivity contribution >= 4 is 15.9 Å². The summed E-state index contributed by atoms with van der Waals surface area (Å²) in [6.07, 6.45) is 10.1. The van der Waals surface area contributed by atoms with Crippen LogP contribution in [0.1, 0.15) is 19.3 Å². The molecule has 0 saturated carbocycles. The molecule has 2 rings (SSSR count). The van der Waals surface area contributed by atoms with Crippen LogP contribution in [0, 0.1) is 0 Å². The van der Waals surface area contributed by atoms with Crippen LogP contribution in [0.3, 0.4) is 0 Å². The van der Waals surface area contributed by atoms with E-state index in [2.05, 4.69) is 33.5 Å². The molecule has 0 aromatic carbocycles. The Bertz CT molecular complexity index is 264. The topological polar surface area (TPSA) is 3.01 Å². The molecule has 0 bridgehead atoms. The first kappa shape index (κ1) is 9.07. The Labute approximate surface area is 87.9 Å². The van der Waals surface area contributed by atoms with Gasteiger partial charge in [-0.2, -0.15) is 0 Å². The molecule has 0 spiro atoms. The zero-order valence-electron chi connectivity index (χ0n) is 7.67. The van der Waals surface area contributed by atoms with Gasteiger partial charge in [-0.25, -0.2) is 0 Å². The zero-order chi connectivity index (χ0) is 9.26. The normalized spacial score (nSPS) is 30.2. The van der Waals surface area contributed by atoms with Gasteiger partial charge in [0.1, 0.15) is 0 Å². The summed E-state index contributed by atoms with van der Waals surface area (Å²) < 4.78 is 1.13. The summed E-state index contributed by atoms with van der Waals surface area (Å²) in [4.78, 5) is 2.49. The van der Waals surface area contributed by atoms with Gasteiger partial charge in [0.15, 0.2) is 0 Å². The van der Waals surface area contributed by atoms with Crippen LogP contribution >= 0.6 is 15.9 Å². The van der Waals surface area contributed by atoms with Gasteiger partial charge in [0.05, 0.1) is 6.04 Å². The predicted octanol–water partition coefficient (Wildman–Crippen LogP) is 3.20. The molecule has 0 amide bonds. The summed E-state index contributed by atoms with van der Waals surface area (Å²) in [5.74, 6) is 0. The zero-order valence-corrected chi connectivity index (χ0v) is 9.26. The molecule has 0 aliphatic carbocycles. The number of halogens is 1. The van der Waals surface area contributed by atoms with E-state index in [1.807, 2.05) is 12.2 Å². The van der Waals surface area contributed by atoms with E-state index in [4.69, 9.17) is 0 Å². The third-order valence-corrected chi connectivity index (χ3v) is 3.16. The summed E-state index contributed by atoms with van der Waals surface area (Å²) in [5.41, 5.74) is 1.50. The largest absolute Gasteiger partial charge is 0.365 e. The van der Waals surface area contributed by atoms with E-state index < -0.39 is 0 Å². The highest BCUT2D eigenvalue weighted by Gasteiger charge is 2.41. The lowest BCUT2D eigenvalue weighted by Gasteiger charge is -2.08. The maximum atomic E-state index is 3.67. The van der Waals surface area contributed by atoms with Gasteiger partial charge in [-0.3, -0.25) is 0 Å². The highest BCUT2D eigenvalue weighted by Crippen LogP contribution is 2.41. The molecule has 0 aromatic heterocycles. The first-order valence-corrected chi connectivity index (χ1v) is 5.58. The molecule has 1 nitrogen and oxygen atoms in total. The molecule has 2 aliphatic heterocycles.